The van der Waals surface area contributed by atoms with Crippen molar-refractivity contribution in [2.75, 3.05) is 20.3 Å². The Hall–Kier alpha value is -3.98. The minimum absolute atomic E-state index is 0.144. The van der Waals surface area contributed by atoms with Gasteiger partial charge in [0, 0.05) is 0 Å². The van der Waals surface area contributed by atoms with Crippen LogP contribution in [0.4, 0.5) is 0 Å². The predicted molar refractivity (Wildman–Crippen MR) is 133 cm³/mol. The van der Waals surface area contributed by atoms with Gasteiger partial charge in [0.2, 0.25) is 0 Å². The van der Waals surface area contributed by atoms with Crippen molar-refractivity contribution in [1.82, 2.24) is 4.57 Å². The van der Waals surface area contributed by atoms with Gasteiger partial charge < -0.3 is 18.8 Å². The zero-order chi connectivity index (χ0) is 24.9. The number of benzene rings is 3. The van der Waals surface area contributed by atoms with Crippen molar-refractivity contribution in [3.8, 4) is 5.75 Å². The Kier molecular flexibility index (Phi) is 7.26. The summed E-state index contributed by atoms with van der Waals surface area (Å²) in [6.45, 7) is 4.08. The van der Waals surface area contributed by atoms with Gasteiger partial charge in [0.1, 0.15) is 12.3 Å². The van der Waals surface area contributed by atoms with Crippen LogP contribution in [-0.4, -0.2) is 42.7 Å². The Morgan fingerprint density at radius 1 is 1.00 bits per heavy atom. The van der Waals surface area contributed by atoms with E-state index in [-0.39, 0.29) is 13.2 Å². The van der Waals surface area contributed by atoms with Crippen LogP contribution in [0.3, 0.4) is 0 Å². The van der Waals surface area contributed by atoms with Crippen LogP contribution in [0.5, 0.6) is 5.75 Å². The molecule has 0 unspecified atom stereocenters. The third-order valence-electron chi connectivity index (χ3n) is 5.31. The molecule has 0 bridgehead atoms. The van der Waals surface area contributed by atoms with Crippen LogP contribution in [0.1, 0.15) is 34.6 Å². The maximum Gasteiger partial charge on any atom is 0.338 e. The second-order valence-corrected chi connectivity index (χ2v) is 8.47. The maximum absolute atomic E-state index is 13.5. The molecule has 8 nitrogen and oxygen atoms in total. The highest BCUT2D eigenvalue weighted by Crippen LogP contribution is 2.29. The van der Waals surface area contributed by atoms with Crippen molar-refractivity contribution >= 4 is 50.2 Å². The number of ether oxygens (including phenoxy) is 3. The molecular weight excluding hydrogens is 468 g/mol. The molecule has 4 rings (SSSR count). The van der Waals surface area contributed by atoms with Crippen LogP contribution >= 0.6 is 11.3 Å². The fourth-order valence-corrected chi connectivity index (χ4v) is 4.80. The molecule has 9 heteroatoms. The lowest BCUT2D eigenvalue weighted by molar-refractivity contribution is -0.141. The molecule has 180 valence electrons. The number of esters is 2. The average molecular weight is 493 g/mol. The molecule has 0 fully saturated rings. The Balaban J connectivity index is 1.90. The first-order valence-electron chi connectivity index (χ1n) is 11.1. The van der Waals surface area contributed by atoms with Crippen molar-refractivity contribution in [2.45, 2.75) is 20.4 Å². The normalized spacial score (nSPS) is 11.6. The van der Waals surface area contributed by atoms with Crippen LogP contribution in [-0.2, 0) is 20.8 Å². The van der Waals surface area contributed by atoms with Crippen molar-refractivity contribution in [2.24, 2.45) is 4.99 Å². The van der Waals surface area contributed by atoms with Gasteiger partial charge in [0.15, 0.2) is 4.80 Å². The molecule has 0 atom stereocenters. The van der Waals surface area contributed by atoms with Gasteiger partial charge in [-0.2, -0.15) is 4.99 Å². The summed E-state index contributed by atoms with van der Waals surface area (Å²) < 4.78 is 17.9. The van der Waals surface area contributed by atoms with E-state index in [4.69, 9.17) is 14.2 Å². The van der Waals surface area contributed by atoms with Gasteiger partial charge in [0.05, 0.1) is 41.7 Å². The zero-order valence-electron chi connectivity index (χ0n) is 19.6. The molecule has 4 aromatic rings. The molecule has 0 spiro atoms. The molecule has 0 aliphatic heterocycles. The smallest absolute Gasteiger partial charge is 0.338 e. The summed E-state index contributed by atoms with van der Waals surface area (Å²) in [4.78, 5) is 42.6. The highest BCUT2D eigenvalue weighted by molar-refractivity contribution is 7.16. The number of hydrogen-bond donors (Lipinski definition) is 0. The van der Waals surface area contributed by atoms with Gasteiger partial charge in [-0.1, -0.05) is 41.7 Å². The zero-order valence-corrected chi connectivity index (χ0v) is 20.4. The molecule has 0 saturated heterocycles. The van der Waals surface area contributed by atoms with Gasteiger partial charge in [-0.15, -0.1) is 0 Å². The molecule has 1 heterocycles. The lowest BCUT2D eigenvalue weighted by Gasteiger charge is -2.10. The number of nitrogens with zero attached hydrogens (tertiary/aromatic N) is 2. The summed E-state index contributed by atoms with van der Waals surface area (Å²) in [5.41, 5.74) is 1.36. The number of aromatic nitrogens is 1. The monoisotopic (exact) mass is 492 g/mol. The SMILES string of the molecule is CCOC(=O)c1ccc2c(c1)sc(=NC(=O)c1c(OCC)ccc3ccccc13)n2CC(=O)OC. The second kappa shape index (κ2) is 10.5. The molecular formula is C26H24N2O6S. The van der Waals surface area contributed by atoms with E-state index >= 15 is 0 Å². The average Bonchev–Trinajstić information content (AvgIpc) is 3.19. The van der Waals surface area contributed by atoms with E-state index in [1.54, 1.807) is 35.8 Å². The van der Waals surface area contributed by atoms with E-state index in [1.165, 1.54) is 18.4 Å². The Morgan fingerprint density at radius 2 is 1.80 bits per heavy atom. The number of thiazole rings is 1. The topological polar surface area (TPSA) is 96.2 Å². The fourth-order valence-electron chi connectivity index (χ4n) is 3.74. The maximum atomic E-state index is 13.5. The molecule has 0 N–H and O–H groups in total. The van der Waals surface area contributed by atoms with E-state index in [9.17, 15) is 14.4 Å². The van der Waals surface area contributed by atoms with Gasteiger partial charge in [0.25, 0.3) is 5.91 Å². The lowest BCUT2D eigenvalue weighted by Crippen LogP contribution is -2.22. The van der Waals surface area contributed by atoms with Gasteiger partial charge >= 0.3 is 11.9 Å². The Bertz CT molecular complexity index is 1500. The molecule has 3 aromatic carbocycles. The van der Waals surface area contributed by atoms with Crippen molar-refractivity contribution in [1.29, 1.82) is 0 Å². The van der Waals surface area contributed by atoms with Gasteiger partial charge in [-0.3, -0.25) is 9.59 Å². The van der Waals surface area contributed by atoms with Crippen LogP contribution in [0.2, 0.25) is 0 Å². The minimum Gasteiger partial charge on any atom is -0.493 e. The predicted octanol–water partition coefficient (Wildman–Crippen LogP) is 4.35. The van der Waals surface area contributed by atoms with E-state index in [0.29, 0.717) is 38.5 Å². The highest BCUT2D eigenvalue weighted by Gasteiger charge is 2.19. The summed E-state index contributed by atoms with van der Waals surface area (Å²) in [5, 5.41) is 1.60. The van der Waals surface area contributed by atoms with E-state index in [2.05, 4.69) is 4.99 Å². The van der Waals surface area contributed by atoms with Crippen LogP contribution in [0, 0.1) is 0 Å². The molecule has 1 amide bonds. The lowest BCUT2D eigenvalue weighted by atomic mass is 10.0. The molecule has 1 aromatic heterocycles. The number of hydrogen-bond acceptors (Lipinski definition) is 7. The summed E-state index contributed by atoms with van der Waals surface area (Å²) in [6.07, 6.45) is 0. The van der Waals surface area contributed by atoms with Crippen molar-refractivity contribution in [3.05, 3.63) is 70.5 Å². The van der Waals surface area contributed by atoms with E-state index < -0.39 is 17.8 Å². The van der Waals surface area contributed by atoms with Crippen LogP contribution in [0.15, 0.2) is 59.6 Å². The van der Waals surface area contributed by atoms with Gasteiger partial charge in [-0.25, -0.2) is 4.79 Å². The quantitative estimate of drug-likeness (QED) is 0.356. The van der Waals surface area contributed by atoms with Crippen molar-refractivity contribution in [3.63, 3.8) is 0 Å². The first kappa shape index (κ1) is 24.2. The van der Waals surface area contributed by atoms with E-state index in [0.717, 1.165) is 10.8 Å². The minimum atomic E-state index is -0.499. The van der Waals surface area contributed by atoms with Crippen LogP contribution in [0.25, 0.3) is 21.0 Å². The third-order valence-corrected chi connectivity index (χ3v) is 6.35. The molecule has 0 saturated carbocycles. The molecule has 0 aliphatic carbocycles. The van der Waals surface area contributed by atoms with E-state index in [1.807, 2.05) is 37.3 Å². The summed E-state index contributed by atoms with van der Waals surface area (Å²) in [7, 11) is 1.29. The number of amides is 1. The standard InChI is InChI=1S/C26H24N2O6S/c1-4-33-20-13-11-16-8-6-7-9-18(16)23(20)24(30)27-26-28(15-22(29)32-3)19-12-10-17(14-21(19)35-26)25(31)34-5-2/h6-14H,4-5,15H2,1-3H3. The van der Waals surface area contributed by atoms with Gasteiger partial charge in [-0.05, 0) is 48.9 Å². The second-order valence-electron chi connectivity index (χ2n) is 7.46. The first-order valence-corrected chi connectivity index (χ1v) is 11.9. The fraction of sp³-hybridized carbons (Fsp3) is 0.231. The number of fused-ring (bicyclic) bond motifs is 2. The number of carbonyl (C=O) groups excluding carboxylic acids is 3. The number of methoxy groups -OCH3 is 1. The van der Waals surface area contributed by atoms with Crippen molar-refractivity contribution < 1.29 is 28.6 Å². The summed E-state index contributed by atoms with van der Waals surface area (Å²) in [5.74, 6) is -1.01. The Morgan fingerprint density at radius 3 is 2.54 bits per heavy atom. The summed E-state index contributed by atoms with van der Waals surface area (Å²) in [6, 6.07) is 16.1. The largest absolute Gasteiger partial charge is 0.493 e. The number of rotatable bonds is 7. The Labute approximate surface area is 205 Å². The molecule has 0 aliphatic rings. The number of carbonyl (C=O) groups is 3. The molecule has 0 radical (unpaired) electrons. The third kappa shape index (κ3) is 4.95. The highest BCUT2D eigenvalue weighted by atomic mass is 32.1. The summed E-state index contributed by atoms with van der Waals surface area (Å²) >= 11 is 1.19. The first-order chi connectivity index (χ1) is 17.0. The van der Waals surface area contributed by atoms with Crippen LogP contribution < -0.4 is 9.54 Å². The molecule has 35 heavy (non-hydrogen) atoms.